The Morgan fingerprint density at radius 3 is 2.81 bits per heavy atom. The van der Waals surface area contributed by atoms with Crippen molar-refractivity contribution in [2.75, 3.05) is 49.7 Å². The van der Waals surface area contributed by atoms with E-state index in [2.05, 4.69) is 20.4 Å². The molecule has 1 N–H and O–H groups in total. The van der Waals surface area contributed by atoms with Crippen LogP contribution in [0.5, 0.6) is 0 Å². The molecule has 9 heteroatoms. The minimum absolute atomic E-state index is 0.123. The van der Waals surface area contributed by atoms with Crippen LogP contribution in [0.15, 0.2) is 4.42 Å². The summed E-state index contributed by atoms with van der Waals surface area (Å²) >= 11 is 0. The standard InChI is InChI=1S/C12H20N4O4S/c17-21(18)8-2-10(9-21)13-12-15-14-11(20-12)1-3-16-4-6-19-7-5-16/h10H,1-9H2,(H,13,15). The van der Waals surface area contributed by atoms with Crippen LogP contribution in [-0.4, -0.2) is 73.9 Å². The second-order valence-corrected chi connectivity index (χ2v) is 7.68. The molecule has 0 aliphatic carbocycles. The molecule has 21 heavy (non-hydrogen) atoms. The average Bonchev–Trinajstić information content (AvgIpc) is 3.04. The Balaban J connectivity index is 1.47. The highest BCUT2D eigenvalue weighted by atomic mass is 32.2. The summed E-state index contributed by atoms with van der Waals surface area (Å²) in [5, 5.41) is 10.9. The van der Waals surface area contributed by atoms with Crippen molar-refractivity contribution in [3.8, 4) is 0 Å². The first-order valence-corrected chi connectivity index (χ1v) is 9.02. The first-order chi connectivity index (χ1) is 10.1. The van der Waals surface area contributed by atoms with Crippen molar-refractivity contribution in [3.63, 3.8) is 0 Å². The van der Waals surface area contributed by atoms with E-state index in [0.29, 0.717) is 24.7 Å². The SMILES string of the molecule is O=S1(=O)CCC(Nc2nnc(CCN3CCOCC3)o2)C1. The maximum absolute atomic E-state index is 11.4. The summed E-state index contributed by atoms with van der Waals surface area (Å²) < 4.78 is 33.6. The number of anilines is 1. The molecule has 0 amide bonds. The zero-order valence-electron chi connectivity index (χ0n) is 11.8. The number of nitrogens with zero attached hydrogens (tertiary/aromatic N) is 3. The Kier molecular flexibility index (Phi) is 4.41. The molecular weight excluding hydrogens is 296 g/mol. The molecule has 0 saturated carbocycles. The summed E-state index contributed by atoms with van der Waals surface area (Å²) in [6.45, 7) is 4.26. The van der Waals surface area contributed by atoms with Crippen molar-refractivity contribution in [2.24, 2.45) is 0 Å². The number of morpholine rings is 1. The number of rotatable bonds is 5. The third kappa shape index (κ3) is 4.14. The molecule has 1 atom stereocenters. The Labute approximate surface area is 123 Å². The molecule has 2 aliphatic heterocycles. The van der Waals surface area contributed by atoms with Crippen LogP contribution < -0.4 is 5.32 Å². The first kappa shape index (κ1) is 14.7. The van der Waals surface area contributed by atoms with E-state index in [-0.39, 0.29) is 17.5 Å². The van der Waals surface area contributed by atoms with E-state index in [1.807, 2.05) is 0 Å². The van der Waals surface area contributed by atoms with E-state index >= 15 is 0 Å². The van der Waals surface area contributed by atoms with E-state index in [1.165, 1.54) is 0 Å². The van der Waals surface area contributed by atoms with Crippen molar-refractivity contribution in [1.29, 1.82) is 0 Å². The molecule has 118 valence electrons. The highest BCUT2D eigenvalue weighted by Gasteiger charge is 2.28. The number of nitrogens with one attached hydrogen (secondary N) is 1. The van der Waals surface area contributed by atoms with Gasteiger partial charge in [-0.2, -0.15) is 0 Å². The predicted molar refractivity (Wildman–Crippen MR) is 75.9 cm³/mol. The molecule has 2 saturated heterocycles. The zero-order valence-corrected chi connectivity index (χ0v) is 12.6. The maximum atomic E-state index is 11.4. The van der Waals surface area contributed by atoms with E-state index in [4.69, 9.17) is 9.15 Å². The maximum Gasteiger partial charge on any atom is 0.315 e. The lowest BCUT2D eigenvalue weighted by Gasteiger charge is -2.25. The fourth-order valence-corrected chi connectivity index (χ4v) is 4.25. The summed E-state index contributed by atoms with van der Waals surface area (Å²) in [6, 6.07) is 0.191. The fraction of sp³-hybridized carbons (Fsp3) is 0.833. The van der Waals surface area contributed by atoms with Crippen molar-refractivity contribution in [3.05, 3.63) is 5.89 Å². The van der Waals surface area contributed by atoms with Gasteiger partial charge in [0.2, 0.25) is 5.89 Å². The van der Waals surface area contributed by atoms with Gasteiger partial charge < -0.3 is 14.5 Å². The molecule has 0 bridgehead atoms. The summed E-state index contributed by atoms with van der Waals surface area (Å²) in [5.74, 6) is 0.936. The molecule has 8 nitrogen and oxygen atoms in total. The van der Waals surface area contributed by atoms with Gasteiger partial charge in [0.25, 0.3) is 0 Å². The zero-order chi connectivity index (χ0) is 14.7. The van der Waals surface area contributed by atoms with Crippen LogP contribution in [0.25, 0.3) is 0 Å². The molecule has 0 aromatic carbocycles. The van der Waals surface area contributed by atoms with Gasteiger partial charge in [-0.3, -0.25) is 4.90 Å². The molecule has 2 fully saturated rings. The van der Waals surface area contributed by atoms with E-state index in [9.17, 15) is 8.42 Å². The van der Waals surface area contributed by atoms with Gasteiger partial charge in [0.1, 0.15) is 0 Å². The van der Waals surface area contributed by atoms with Crippen LogP contribution in [0.2, 0.25) is 0 Å². The van der Waals surface area contributed by atoms with Crippen LogP contribution in [0.3, 0.4) is 0 Å². The van der Waals surface area contributed by atoms with Gasteiger partial charge in [-0.05, 0) is 6.42 Å². The molecule has 1 aromatic rings. The van der Waals surface area contributed by atoms with E-state index < -0.39 is 9.84 Å². The number of aromatic nitrogens is 2. The van der Waals surface area contributed by atoms with Crippen LogP contribution in [-0.2, 0) is 21.0 Å². The first-order valence-electron chi connectivity index (χ1n) is 7.20. The van der Waals surface area contributed by atoms with E-state index in [0.717, 1.165) is 32.8 Å². The molecular formula is C12H20N4O4S. The summed E-state index contributed by atoms with van der Waals surface area (Å²) in [6.07, 6.45) is 1.28. The second kappa shape index (κ2) is 6.29. The minimum atomic E-state index is -2.90. The molecule has 2 aliphatic rings. The molecule has 3 heterocycles. The molecule has 0 spiro atoms. The summed E-state index contributed by atoms with van der Waals surface area (Å²) in [4.78, 5) is 2.30. The van der Waals surface area contributed by atoms with Gasteiger partial charge in [-0.25, -0.2) is 8.42 Å². The van der Waals surface area contributed by atoms with Crippen molar-refractivity contribution < 1.29 is 17.6 Å². The topological polar surface area (TPSA) is 97.6 Å². The average molecular weight is 316 g/mol. The highest BCUT2D eigenvalue weighted by Crippen LogP contribution is 2.16. The molecule has 3 rings (SSSR count). The van der Waals surface area contributed by atoms with Gasteiger partial charge in [0.15, 0.2) is 9.84 Å². The predicted octanol–water partition coefficient (Wildman–Crippen LogP) is -0.457. The van der Waals surface area contributed by atoms with Gasteiger partial charge in [-0.1, -0.05) is 5.10 Å². The van der Waals surface area contributed by atoms with Crippen molar-refractivity contribution >= 4 is 15.9 Å². The number of hydrogen-bond donors (Lipinski definition) is 1. The highest BCUT2D eigenvalue weighted by molar-refractivity contribution is 7.91. The second-order valence-electron chi connectivity index (χ2n) is 5.45. The van der Waals surface area contributed by atoms with Gasteiger partial charge >= 0.3 is 6.01 Å². The third-order valence-electron chi connectivity index (χ3n) is 3.77. The summed E-state index contributed by atoms with van der Waals surface area (Å²) in [7, 11) is -2.90. The molecule has 0 radical (unpaired) electrons. The quantitative estimate of drug-likeness (QED) is 0.779. The minimum Gasteiger partial charge on any atom is -0.408 e. The smallest absolute Gasteiger partial charge is 0.315 e. The lowest BCUT2D eigenvalue weighted by molar-refractivity contribution is 0.0377. The lowest BCUT2D eigenvalue weighted by Crippen LogP contribution is -2.37. The normalized spacial score (nSPS) is 26.0. The fourth-order valence-electron chi connectivity index (χ4n) is 2.57. The Morgan fingerprint density at radius 2 is 2.10 bits per heavy atom. The van der Waals surface area contributed by atoms with Crippen LogP contribution in [0.4, 0.5) is 6.01 Å². The largest absolute Gasteiger partial charge is 0.408 e. The van der Waals surface area contributed by atoms with Gasteiger partial charge in [0, 0.05) is 32.1 Å². The number of sulfone groups is 1. The van der Waals surface area contributed by atoms with Gasteiger partial charge in [-0.15, -0.1) is 5.10 Å². The van der Waals surface area contributed by atoms with Crippen LogP contribution >= 0.6 is 0 Å². The van der Waals surface area contributed by atoms with Crippen LogP contribution in [0.1, 0.15) is 12.3 Å². The molecule has 1 aromatic heterocycles. The molecule has 1 unspecified atom stereocenters. The van der Waals surface area contributed by atoms with Crippen LogP contribution in [0, 0.1) is 0 Å². The number of ether oxygens (including phenoxy) is 1. The Bertz CT molecular complexity index is 568. The lowest BCUT2D eigenvalue weighted by atomic mass is 10.3. The van der Waals surface area contributed by atoms with Crippen molar-refractivity contribution in [2.45, 2.75) is 18.9 Å². The number of hydrogen-bond acceptors (Lipinski definition) is 8. The summed E-state index contributed by atoms with van der Waals surface area (Å²) in [5.41, 5.74) is 0. The monoisotopic (exact) mass is 316 g/mol. The van der Waals surface area contributed by atoms with Crippen molar-refractivity contribution in [1.82, 2.24) is 15.1 Å². The Morgan fingerprint density at radius 1 is 1.29 bits per heavy atom. The Hall–Kier alpha value is -1.19. The van der Waals surface area contributed by atoms with Gasteiger partial charge in [0.05, 0.1) is 24.7 Å². The third-order valence-corrected chi connectivity index (χ3v) is 5.54. The van der Waals surface area contributed by atoms with E-state index in [1.54, 1.807) is 0 Å².